The summed E-state index contributed by atoms with van der Waals surface area (Å²) >= 11 is 0. The maximum absolute atomic E-state index is 5.79. The largest absolute Gasteiger partial charge is 0.497 e. The molecule has 0 saturated carbocycles. The molecule has 0 heterocycles. The van der Waals surface area contributed by atoms with Gasteiger partial charge in [-0.2, -0.15) is 0 Å². The van der Waals surface area contributed by atoms with Crippen LogP contribution in [-0.2, 0) is 11.2 Å². The van der Waals surface area contributed by atoms with E-state index in [1.165, 1.54) is 5.56 Å². The Balaban J connectivity index is 2.48. The summed E-state index contributed by atoms with van der Waals surface area (Å²) in [5.74, 6) is 1.39. The molecule has 1 aromatic carbocycles. The van der Waals surface area contributed by atoms with Crippen molar-refractivity contribution in [2.45, 2.75) is 19.8 Å². The molecule has 1 rings (SSSR count). The first-order chi connectivity index (χ1) is 8.30. The lowest BCUT2D eigenvalue weighted by atomic mass is 9.96. The van der Waals surface area contributed by atoms with Gasteiger partial charge in [-0.3, -0.25) is 0 Å². The van der Waals surface area contributed by atoms with Gasteiger partial charge in [0, 0.05) is 13.2 Å². The summed E-state index contributed by atoms with van der Waals surface area (Å²) in [6.45, 7) is 4.28. The van der Waals surface area contributed by atoms with Crippen molar-refractivity contribution in [2.75, 3.05) is 26.9 Å². The molecule has 3 heteroatoms. The number of hydrogen-bond donors (Lipinski definition) is 1. The highest BCUT2D eigenvalue weighted by atomic mass is 16.5. The monoisotopic (exact) mass is 237 g/mol. The van der Waals surface area contributed by atoms with Crippen molar-refractivity contribution in [1.29, 1.82) is 0 Å². The highest BCUT2D eigenvalue weighted by Gasteiger charge is 2.08. The van der Waals surface area contributed by atoms with Crippen LogP contribution in [0.25, 0.3) is 0 Å². The van der Waals surface area contributed by atoms with E-state index in [4.69, 9.17) is 15.2 Å². The lowest BCUT2D eigenvalue weighted by Crippen LogP contribution is -2.19. The normalized spacial score (nSPS) is 12.4. The number of hydrogen-bond acceptors (Lipinski definition) is 3. The van der Waals surface area contributed by atoms with Crippen LogP contribution >= 0.6 is 0 Å². The van der Waals surface area contributed by atoms with E-state index in [1.807, 2.05) is 19.1 Å². The van der Waals surface area contributed by atoms with Crippen LogP contribution < -0.4 is 10.5 Å². The first kappa shape index (κ1) is 14.0. The zero-order valence-electron chi connectivity index (χ0n) is 10.8. The molecule has 0 aliphatic carbocycles. The Bertz CT molecular complexity index is 315. The molecular weight excluding hydrogens is 214 g/mol. The number of nitrogens with two attached hydrogens (primary N) is 1. The van der Waals surface area contributed by atoms with Gasteiger partial charge < -0.3 is 15.2 Å². The fraction of sp³-hybridized carbons (Fsp3) is 0.571. The van der Waals surface area contributed by atoms with E-state index in [-0.39, 0.29) is 0 Å². The van der Waals surface area contributed by atoms with Crippen LogP contribution in [-0.4, -0.2) is 26.9 Å². The van der Waals surface area contributed by atoms with Crippen molar-refractivity contribution in [3.05, 3.63) is 29.8 Å². The van der Waals surface area contributed by atoms with Gasteiger partial charge in [0.15, 0.2) is 0 Å². The molecule has 0 fully saturated rings. The molecule has 1 unspecified atom stereocenters. The van der Waals surface area contributed by atoms with Crippen molar-refractivity contribution >= 4 is 0 Å². The molecule has 0 bridgehead atoms. The third-order valence-electron chi connectivity index (χ3n) is 2.87. The van der Waals surface area contributed by atoms with Crippen LogP contribution in [0.2, 0.25) is 0 Å². The average molecular weight is 237 g/mol. The summed E-state index contributed by atoms with van der Waals surface area (Å²) < 4.78 is 10.6. The van der Waals surface area contributed by atoms with Crippen molar-refractivity contribution in [1.82, 2.24) is 0 Å². The molecule has 0 radical (unpaired) electrons. The fourth-order valence-electron chi connectivity index (χ4n) is 1.83. The Morgan fingerprint density at radius 2 is 2.18 bits per heavy atom. The predicted molar refractivity (Wildman–Crippen MR) is 70.4 cm³/mol. The third kappa shape index (κ3) is 5.20. The lowest BCUT2D eigenvalue weighted by Gasteiger charge is -2.15. The van der Waals surface area contributed by atoms with Gasteiger partial charge in [0.2, 0.25) is 0 Å². The van der Waals surface area contributed by atoms with E-state index in [2.05, 4.69) is 12.1 Å². The van der Waals surface area contributed by atoms with Gasteiger partial charge in [0.25, 0.3) is 0 Å². The molecule has 0 aliphatic rings. The quantitative estimate of drug-likeness (QED) is 0.705. The van der Waals surface area contributed by atoms with Crippen LogP contribution in [0.5, 0.6) is 5.75 Å². The van der Waals surface area contributed by atoms with E-state index in [9.17, 15) is 0 Å². The van der Waals surface area contributed by atoms with E-state index in [0.29, 0.717) is 12.5 Å². The molecule has 2 N–H and O–H groups in total. The standard InChI is InChI=1S/C14H23NO2/c1-3-17-8-7-13(11-15)9-12-5-4-6-14(10-12)16-2/h4-6,10,13H,3,7-9,11,15H2,1-2H3. The third-order valence-corrected chi connectivity index (χ3v) is 2.87. The molecule has 1 atom stereocenters. The molecule has 0 saturated heterocycles. The van der Waals surface area contributed by atoms with Gasteiger partial charge in [-0.15, -0.1) is 0 Å². The number of methoxy groups -OCH3 is 1. The minimum absolute atomic E-state index is 0.480. The Labute approximate surface area is 104 Å². The smallest absolute Gasteiger partial charge is 0.119 e. The second-order valence-electron chi connectivity index (χ2n) is 4.14. The molecule has 3 nitrogen and oxygen atoms in total. The SMILES string of the molecule is CCOCCC(CN)Cc1cccc(OC)c1. The first-order valence-corrected chi connectivity index (χ1v) is 6.20. The molecule has 0 aromatic heterocycles. The van der Waals surface area contributed by atoms with Gasteiger partial charge in [0.05, 0.1) is 7.11 Å². The van der Waals surface area contributed by atoms with Crippen LogP contribution in [0.4, 0.5) is 0 Å². The lowest BCUT2D eigenvalue weighted by molar-refractivity contribution is 0.133. The predicted octanol–water partition coefficient (Wildman–Crippen LogP) is 2.24. The van der Waals surface area contributed by atoms with Crippen LogP contribution in [0.3, 0.4) is 0 Å². The van der Waals surface area contributed by atoms with E-state index in [0.717, 1.165) is 31.8 Å². The van der Waals surface area contributed by atoms with E-state index < -0.39 is 0 Å². The zero-order valence-corrected chi connectivity index (χ0v) is 10.8. The van der Waals surface area contributed by atoms with Crippen LogP contribution in [0.15, 0.2) is 24.3 Å². The van der Waals surface area contributed by atoms with Crippen molar-refractivity contribution < 1.29 is 9.47 Å². The average Bonchev–Trinajstić information content (AvgIpc) is 2.38. The summed E-state index contributed by atoms with van der Waals surface area (Å²) in [5.41, 5.74) is 7.06. The highest BCUT2D eigenvalue weighted by molar-refractivity contribution is 5.28. The Kier molecular flexibility index (Phi) is 6.67. The highest BCUT2D eigenvalue weighted by Crippen LogP contribution is 2.17. The number of ether oxygens (including phenoxy) is 2. The molecule has 0 amide bonds. The van der Waals surface area contributed by atoms with Gasteiger partial charge in [-0.25, -0.2) is 0 Å². The van der Waals surface area contributed by atoms with Crippen LogP contribution in [0.1, 0.15) is 18.9 Å². The molecule has 96 valence electrons. The first-order valence-electron chi connectivity index (χ1n) is 6.20. The second-order valence-corrected chi connectivity index (χ2v) is 4.14. The summed E-state index contributed by atoms with van der Waals surface area (Å²) in [6, 6.07) is 8.17. The van der Waals surface area contributed by atoms with Crippen molar-refractivity contribution in [2.24, 2.45) is 11.7 Å². The fourth-order valence-corrected chi connectivity index (χ4v) is 1.83. The summed E-state index contributed by atoms with van der Waals surface area (Å²) in [5, 5.41) is 0. The van der Waals surface area contributed by atoms with Gasteiger partial charge >= 0.3 is 0 Å². The topological polar surface area (TPSA) is 44.5 Å². The van der Waals surface area contributed by atoms with Gasteiger partial charge in [0.1, 0.15) is 5.75 Å². The minimum Gasteiger partial charge on any atom is -0.497 e. The van der Waals surface area contributed by atoms with E-state index in [1.54, 1.807) is 7.11 Å². The number of benzene rings is 1. The molecule has 17 heavy (non-hydrogen) atoms. The van der Waals surface area contributed by atoms with Gasteiger partial charge in [-0.05, 0) is 49.9 Å². The maximum atomic E-state index is 5.79. The van der Waals surface area contributed by atoms with Crippen LogP contribution in [0, 0.1) is 5.92 Å². The summed E-state index contributed by atoms with van der Waals surface area (Å²) in [6.07, 6.45) is 2.00. The maximum Gasteiger partial charge on any atom is 0.119 e. The Hall–Kier alpha value is -1.06. The Morgan fingerprint density at radius 3 is 2.82 bits per heavy atom. The van der Waals surface area contributed by atoms with Crippen molar-refractivity contribution in [3.63, 3.8) is 0 Å². The second kappa shape index (κ2) is 8.09. The Morgan fingerprint density at radius 1 is 1.35 bits per heavy atom. The zero-order chi connectivity index (χ0) is 12.5. The van der Waals surface area contributed by atoms with Gasteiger partial charge in [-0.1, -0.05) is 12.1 Å². The minimum atomic E-state index is 0.480. The van der Waals surface area contributed by atoms with E-state index >= 15 is 0 Å². The number of rotatable bonds is 8. The molecule has 1 aromatic rings. The molecule has 0 aliphatic heterocycles. The van der Waals surface area contributed by atoms with Crippen molar-refractivity contribution in [3.8, 4) is 5.75 Å². The molecule has 0 spiro atoms. The summed E-state index contributed by atoms with van der Waals surface area (Å²) in [7, 11) is 1.69. The summed E-state index contributed by atoms with van der Waals surface area (Å²) in [4.78, 5) is 0. The molecular formula is C14H23NO2.